The minimum absolute atomic E-state index is 0.209. The Labute approximate surface area is 301 Å². The second kappa shape index (κ2) is 20.9. The van der Waals surface area contributed by atoms with E-state index in [1.807, 2.05) is 10.0 Å². The summed E-state index contributed by atoms with van der Waals surface area (Å²) in [6.07, 6.45) is 9.49. The van der Waals surface area contributed by atoms with Crippen LogP contribution in [0.5, 0.6) is 0 Å². The average Bonchev–Trinajstić information content (AvgIpc) is 3.00. The molecule has 23 heteroatoms. The SMILES string of the molecule is S=C([S-])N(c1cnccn1)N(C(=S)S)N1CCNCC1.S=C([S-])N(c1cnccn1)N(C(=S)S)N1CCNCC1.[O]=[Mo+2]=[O]. The second-order valence-electron chi connectivity index (χ2n) is 7.90. The van der Waals surface area contributed by atoms with E-state index in [9.17, 15) is 0 Å². The molecule has 0 amide bonds. The van der Waals surface area contributed by atoms with Gasteiger partial charge in [-0.3, -0.25) is 9.97 Å². The molecular formula is C20H26MoN12O2S8. The zero-order valence-electron chi connectivity index (χ0n) is 22.2. The molecule has 0 aliphatic carbocycles. The number of nitrogens with zero attached hydrogens (tertiary/aromatic N) is 10. The van der Waals surface area contributed by atoms with Crippen LogP contribution in [0.25, 0.3) is 0 Å². The van der Waals surface area contributed by atoms with Crippen molar-refractivity contribution in [3.8, 4) is 0 Å². The van der Waals surface area contributed by atoms with Gasteiger partial charge in [-0.15, -0.1) is 25.3 Å². The number of thiol groups is 2. The Morgan fingerprint density at radius 1 is 0.721 bits per heavy atom. The van der Waals surface area contributed by atoms with E-state index in [0.717, 1.165) is 52.4 Å². The van der Waals surface area contributed by atoms with Gasteiger partial charge in [-0.05, 0) is 33.1 Å². The second-order valence-corrected chi connectivity index (χ2v) is 12.5. The quantitative estimate of drug-likeness (QED) is 0.112. The predicted molar refractivity (Wildman–Crippen MR) is 186 cm³/mol. The number of hydrogen-bond acceptors (Lipinski definition) is 16. The number of anilines is 2. The summed E-state index contributed by atoms with van der Waals surface area (Å²) in [6, 6.07) is 0. The van der Waals surface area contributed by atoms with Crippen LogP contribution >= 0.6 is 74.1 Å². The van der Waals surface area contributed by atoms with Crippen molar-refractivity contribution in [2.24, 2.45) is 0 Å². The number of hydrazine groups is 4. The molecule has 2 aromatic heterocycles. The van der Waals surface area contributed by atoms with Crippen molar-refractivity contribution in [2.75, 3.05) is 62.4 Å². The Balaban J connectivity index is 0.000000275. The molecule has 14 nitrogen and oxygen atoms in total. The summed E-state index contributed by atoms with van der Waals surface area (Å²) >= 11 is 37.6. The fourth-order valence-corrected chi connectivity index (χ4v) is 5.20. The fraction of sp³-hybridized carbons (Fsp3) is 0.400. The predicted octanol–water partition coefficient (Wildman–Crippen LogP) is 0.493. The van der Waals surface area contributed by atoms with Crippen molar-refractivity contribution in [1.29, 1.82) is 0 Å². The number of hydrogen-bond donors (Lipinski definition) is 4. The number of nitrogens with one attached hydrogen (secondary N) is 2. The van der Waals surface area contributed by atoms with Crippen molar-refractivity contribution >= 4 is 128 Å². The third kappa shape index (κ3) is 12.4. The summed E-state index contributed by atoms with van der Waals surface area (Å²) in [4.78, 5) is 16.5. The molecule has 2 saturated heterocycles. The van der Waals surface area contributed by atoms with Crippen molar-refractivity contribution in [1.82, 2.24) is 50.8 Å². The van der Waals surface area contributed by atoms with E-state index in [1.165, 1.54) is 0 Å². The van der Waals surface area contributed by atoms with E-state index in [-0.39, 0.29) is 8.64 Å². The summed E-state index contributed by atoms with van der Waals surface area (Å²) in [5, 5.41) is 17.1. The van der Waals surface area contributed by atoms with Gasteiger partial charge in [0.05, 0.1) is 12.4 Å². The van der Waals surface area contributed by atoms with Crippen LogP contribution in [-0.2, 0) is 50.5 Å². The number of piperazine rings is 2. The molecule has 0 aromatic carbocycles. The fourth-order valence-electron chi connectivity index (χ4n) is 3.69. The van der Waals surface area contributed by atoms with Crippen LogP contribution in [0.1, 0.15) is 0 Å². The van der Waals surface area contributed by atoms with Crippen molar-refractivity contribution in [2.45, 2.75) is 0 Å². The Hall–Kier alpha value is -1.01. The first-order valence-corrected chi connectivity index (χ1v) is 17.0. The molecule has 2 aromatic rings. The first-order valence-electron chi connectivity index (χ1n) is 12.1. The normalized spacial score (nSPS) is 14.7. The van der Waals surface area contributed by atoms with Gasteiger partial charge in [0.15, 0.2) is 20.3 Å². The van der Waals surface area contributed by atoms with Gasteiger partial charge in [0.25, 0.3) is 0 Å². The summed E-state index contributed by atoms with van der Waals surface area (Å²) in [5.41, 5.74) is 0. The monoisotopic (exact) mass is 820 g/mol. The third-order valence-electron chi connectivity index (χ3n) is 5.32. The third-order valence-corrected chi connectivity index (χ3v) is 6.70. The van der Waals surface area contributed by atoms with Crippen LogP contribution in [0.3, 0.4) is 0 Å². The molecule has 0 atom stereocenters. The van der Waals surface area contributed by atoms with E-state index in [2.05, 4.69) is 55.8 Å². The van der Waals surface area contributed by atoms with Gasteiger partial charge >= 0.3 is 25.3 Å². The summed E-state index contributed by atoms with van der Waals surface area (Å²) in [6.45, 7) is 6.50. The van der Waals surface area contributed by atoms with Crippen LogP contribution in [0, 0.1) is 0 Å². The molecule has 0 bridgehead atoms. The molecule has 0 radical (unpaired) electrons. The number of rotatable bonds is 4. The van der Waals surface area contributed by atoms with E-state index in [0.29, 0.717) is 20.3 Å². The van der Waals surface area contributed by atoms with Gasteiger partial charge < -0.3 is 60.3 Å². The van der Waals surface area contributed by atoms with Crippen molar-refractivity contribution < 1.29 is 25.3 Å². The molecule has 0 saturated carbocycles. The zero-order chi connectivity index (χ0) is 31.8. The first-order chi connectivity index (χ1) is 20.6. The molecule has 2 aliphatic rings. The molecule has 4 heterocycles. The number of aromatic nitrogens is 4. The Kier molecular flexibility index (Phi) is 18.6. The van der Waals surface area contributed by atoms with Crippen LogP contribution < -0.4 is 20.7 Å². The van der Waals surface area contributed by atoms with Gasteiger partial charge in [0.1, 0.15) is 0 Å². The first kappa shape index (κ1) is 38.2. The van der Waals surface area contributed by atoms with Crippen molar-refractivity contribution in [3.05, 3.63) is 37.2 Å². The molecule has 0 spiro atoms. The van der Waals surface area contributed by atoms with Gasteiger partial charge in [0, 0.05) is 77.1 Å². The van der Waals surface area contributed by atoms with E-state index >= 15 is 0 Å². The molecule has 4 rings (SSSR count). The molecule has 0 unspecified atom stereocenters. The van der Waals surface area contributed by atoms with Crippen LogP contribution in [0.15, 0.2) is 37.2 Å². The van der Waals surface area contributed by atoms with Crippen LogP contribution in [0.2, 0.25) is 0 Å². The van der Waals surface area contributed by atoms with Gasteiger partial charge in [-0.2, -0.15) is 20.3 Å². The van der Waals surface area contributed by atoms with Gasteiger partial charge in [-0.25, -0.2) is 20.0 Å². The molecule has 2 fully saturated rings. The topological polar surface area (TPSA) is 129 Å². The molecular weight excluding hydrogens is 793 g/mol. The van der Waals surface area contributed by atoms with E-state index in [4.69, 9.17) is 80.9 Å². The summed E-state index contributed by atoms with van der Waals surface area (Å²) in [7, 11) is 0. The Morgan fingerprint density at radius 3 is 1.28 bits per heavy atom. The van der Waals surface area contributed by atoms with E-state index in [1.54, 1.807) is 57.4 Å². The molecule has 43 heavy (non-hydrogen) atoms. The minimum atomic E-state index is -2.03. The van der Waals surface area contributed by atoms with Crippen LogP contribution in [-0.4, -0.2) is 110 Å². The Morgan fingerprint density at radius 2 is 1.05 bits per heavy atom. The zero-order valence-corrected chi connectivity index (χ0v) is 30.9. The standard InChI is InChI=1S/2C10H14N6S4.Mo.2O/c2*17-9(18)15(8-7-12-1-2-13-8)16(10(19)20)14-5-3-11-4-6-14;;;/h2*1-2,7,11H,3-6H2,(H,17,18)(H,19,20);;;/q;;+2;;/p-2. The Bertz CT molecular complexity index is 1150. The molecule has 2 aliphatic heterocycles. The summed E-state index contributed by atoms with van der Waals surface area (Å²) < 4.78 is 18.1. The maximum atomic E-state index is 8.50. The van der Waals surface area contributed by atoms with Gasteiger partial charge in [0.2, 0.25) is 0 Å². The number of thiocarbonyl (C=S) groups is 4. The average molecular weight is 819 g/mol. The summed E-state index contributed by atoms with van der Waals surface area (Å²) in [5.74, 6) is 1.03. The van der Waals surface area contributed by atoms with E-state index < -0.39 is 18.5 Å². The molecule has 232 valence electrons. The van der Waals surface area contributed by atoms with Crippen LogP contribution in [0.4, 0.5) is 11.6 Å². The molecule has 2 N–H and O–H groups in total. The van der Waals surface area contributed by atoms with Crippen molar-refractivity contribution in [3.63, 3.8) is 0 Å². The van der Waals surface area contributed by atoms with Gasteiger partial charge in [-0.1, -0.05) is 0 Å². The maximum absolute atomic E-state index is 8.50.